The molecule has 0 spiro atoms. The van der Waals surface area contributed by atoms with Gasteiger partial charge in [0, 0.05) is 18.2 Å². The van der Waals surface area contributed by atoms with Gasteiger partial charge in [-0.15, -0.1) is 0 Å². The maximum Gasteiger partial charge on any atom is 0.125 e. The molecule has 0 aliphatic carbocycles. The summed E-state index contributed by atoms with van der Waals surface area (Å²) in [7, 11) is 0. The van der Waals surface area contributed by atoms with Crippen molar-refractivity contribution in [3.8, 4) is 0 Å². The van der Waals surface area contributed by atoms with Gasteiger partial charge in [0.1, 0.15) is 11.6 Å². The Kier molecular flexibility index (Phi) is 3.37. The number of fused-ring (bicyclic) bond motifs is 1. The quantitative estimate of drug-likeness (QED) is 0.740. The minimum absolute atomic E-state index is 0.216. The predicted molar refractivity (Wildman–Crippen MR) is 83.7 cm³/mol. The molecule has 0 radical (unpaired) electrons. The number of imidazole rings is 1. The molecule has 2 aromatic carbocycles. The molecule has 0 aliphatic heterocycles. The van der Waals surface area contributed by atoms with Crippen LogP contribution in [0.15, 0.2) is 42.5 Å². The maximum atomic E-state index is 13.5. The van der Waals surface area contributed by atoms with E-state index in [9.17, 15) is 4.39 Å². The molecule has 0 saturated heterocycles. The standard InChI is InChI=1S/C17H18FN3/c1-11(2)21-16-10-13(18)6-7-15(16)20-17(21)9-12-4-3-5-14(19)8-12/h3-8,10-11H,9,19H2,1-2H3. The van der Waals surface area contributed by atoms with E-state index in [2.05, 4.69) is 23.4 Å². The zero-order valence-corrected chi connectivity index (χ0v) is 12.2. The molecule has 1 heterocycles. The highest BCUT2D eigenvalue weighted by Crippen LogP contribution is 2.24. The Morgan fingerprint density at radius 3 is 2.71 bits per heavy atom. The van der Waals surface area contributed by atoms with Crippen LogP contribution in [-0.2, 0) is 6.42 Å². The van der Waals surface area contributed by atoms with Crippen LogP contribution < -0.4 is 5.73 Å². The molecule has 1 aromatic heterocycles. The van der Waals surface area contributed by atoms with E-state index in [1.807, 2.05) is 24.3 Å². The van der Waals surface area contributed by atoms with E-state index >= 15 is 0 Å². The largest absolute Gasteiger partial charge is 0.399 e. The molecular weight excluding hydrogens is 265 g/mol. The molecule has 0 fully saturated rings. The van der Waals surface area contributed by atoms with Gasteiger partial charge in [0.25, 0.3) is 0 Å². The minimum Gasteiger partial charge on any atom is -0.399 e. The first-order chi connectivity index (χ1) is 10.0. The minimum atomic E-state index is -0.236. The molecule has 0 bridgehead atoms. The van der Waals surface area contributed by atoms with Crippen molar-refractivity contribution in [3.05, 3.63) is 59.7 Å². The molecule has 4 heteroatoms. The van der Waals surface area contributed by atoms with Crippen LogP contribution in [0.5, 0.6) is 0 Å². The lowest BCUT2D eigenvalue weighted by Crippen LogP contribution is -2.07. The van der Waals surface area contributed by atoms with Gasteiger partial charge in [-0.2, -0.15) is 0 Å². The van der Waals surface area contributed by atoms with Crippen molar-refractivity contribution in [3.63, 3.8) is 0 Å². The molecule has 0 amide bonds. The third-order valence-corrected chi connectivity index (χ3v) is 3.55. The lowest BCUT2D eigenvalue weighted by molar-refractivity contribution is 0.587. The van der Waals surface area contributed by atoms with Crippen LogP contribution in [0.2, 0.25) is 0 Å². The van der Waals surface area contributed by atoms with Crippen LogP contribution in [0.25, 0.3) is 11.0 Å². The number of nitrogen functional groups attached to an aromatic ring is 1. The molecule has 0 unspecified atom stereocenters. The Morgan fingerprint density at radius 2 is 2.00 bits per heavy atom. The van der Waals surface area contributed by atoms with Gasteiger partial charge < -0.3 is 10.3 Å². The van der Waals surface area contributed by atoms with E-state index in [-0.39, 0.29) is 11.9 Å². The number of hydrogen-bond acceptors (Lipinski definition) is 2. The summed E-state index contributed by atoms with van der Waals surface area (Å²) >= 11 is 0. The van der Waals surface area contributed by atoms with Gasteiger partial charge in [-0.1, -0.05) is 12.1 Å². The number of rotatable bonds is 3. The topological polar surface area (TPSA) is 43.8 Å². The number of aromatic nitrogens is 2. The van der Waals surface area contributed by atoms with Gasteiger partial charge >= 0.3 is 0 Å². The second-order valence-electron chi connectivity index (χ2n) is 5.55. The number of benzene rings is 2. The van der Waals surface area contributed by atoms with E-state index < -0.39 is 0 Å². The van der Waals surface area contributed by atoms with Crippen LogP contribution in [0.1, 0.15) is 31.3 Å². The van der Waals surface area contributed by atoms with Crippen LogP contribution in [0.4, 0.5) is 10.1 Å². The maximum absolute atomic E-state index is 13.5. The van der Waals surface area contributed by atoms with Crippen LogP contribution in [0.3, 0.4) is 0 Å². The molecule has 108 valence electrons. The molecule has 0 aliphatic rings. The summed E-state index contributed by atoms with van der Waals surface area (Å²) in [5.74, 6) is 0.691. The van der Waals surface area contributed by atoms with E-state index in [4.69, 9.17) is 5.73 Å². The van der Waals surface area contributed by atoms with Gasteiger partial charge in [-0.25, -0.2) is 9.37 Å². The average Bonchev–Trinajstić information content (AvgIpc) is 2.75. The fourth-order valence-corrected chi connectivity index (χ4v) is 2.70. The first-order valence-electron chi connectivity index (χ1n) is 7.05. The first-order valence-corrected chi connectivity index (χ1v) is 7.05. The Morgan fingerprint density at radius 1 is 1.19 bits per heavy atom. The van der Waals surface area contributed by atoms with Crippen molar-refractivity contribution >= 4 is 16.7 Å². The van der Waals surface area contributed by atoms with Crippen LogP contribution >= 0.6 is 0 Å². The van der Waals surface area contributed by atoms with E-state index in [0.29, 0.717) is 6.42 Å². The fraction of sp³-hybridized carbons (Fsp3) is 0.235. The molecule has 0 saturated carbocycles. The van der Waals surface area contributed by atoms with Gasteiger partial charge in [0.15, 0.2) is 0 Å². The second kappa shape index (κ2) is 5.20. The Balaban J connectivity index is 2.11. The number of nitrogens with two attached hydrogens (primary N) is 1. The highest BCUT2D eigenvalue weighted by atomic mass is 19.1. The number of hydrogen-bond donors (Lipinski definition) is 1. The average molecular weight is 283 g/mol. The summed E-state index contributed by atoms with van der Waals surface area (Å²) in [5.41, 5.74) is 9.33. The van der Waals surface area contributed by atoms with E-state index in [1.54, 1.807) is 12.1 Å². The lowest BCUT2D eigenvalue weighted by Gasteiger charge is -2.13. The summed E-state index contributed by atoms with van der Waals surface area (Å²) in [4.78, 5) is 4.66. The van der Waals surface area contributed by atoms with Crippen molar-refractivity contribution in [1.29, 1.82) is 0 Å². The smallest absolute Gasteiger partial charge is 0.125 e. The van der Waals surface area contributed by atoms with Crippen molar-refractivity contribution in [2.45, 2.75) is 26.3 Å². The summed E-state index contributed by atoms with van der Waals surface area (Å²) < 4.78 is 15.6. The van der Waals surface area contributed by atoms with Gasteiger partial charge in [-0.05, 0) is 49.7 Å². The van der Waals surface area contributed by atoms with Crippen LogP contribution in [0, 0.1) is 5.82 Å². The third-order valence-electron chi connectivity index (χ3n) is 3.55. The zero-order valence-electron chi connectivity index (χ0n) is 12.2. The van der Waals surface area contributed by atoms with Crippen LogP contribution in [-0.4, -0.2) is 9.55 Å². The second-order valence-corrected chi connectivity index (χ2v) is 5.55. The zero-order chi connectivity index (χ0) is 15.0. The first kappa shape index (κ1) is 13.6. The normalized spacial score (nSPS) is 11.4. The highest BCUT2D eigenvalue weighted by Gasteiger charge is 2.14. The lowest BCUT2D eigenvalue weighted by atomic mass is 10.1. The van der Waals surface area contributed by atoms with Gasteiger partial charge in [0.2, 0.25) is 0 Å². The van der Waals surface area contributed by atoms with Crippen molar-refractivity contribution in [1.82, 2.24) is 9.55 Å². The highest BCUT2D eigenvalue weighted by molar-refractivity contribution is 5.76. The number of nitrogens with zero attached hydrogens (tertiary/aromatic N) is 2. The summed E-state index contributed by atoms with van der Waals surface area (Å²) in [6.45, 7) is 4.16. The van der Waals surface area contributed by atoms with Gasteiger partial charge in [-0.3, -0.25) is 0 Å². The molecule has 0 atom stereocenters. The molecular formula is C17H18FN3. The Bertz CT molecular complexity index is 790. The van der Waals surface area contributed by atoms with E-state index in [0.717, 1.165) is 28.1 Å². The fourth-order valence-electron chi connectivity index (χ4n) is 2.70. The Labute approximate surface area is 123 Å². The van der Waals surface area contributed by atoms with Gasteiger partial charge in [0.05, 0.1) is 11.0 Å². The number of anilines is 1. The summed E-state index contributed by atoms with van der Waals surface area (Å²) in [6.07, 6.45) is 0.680. The molecule has 3 rings (SSSR count). The summed E-state index contributed by atoms with van der Waals surface area (Å²) in [6, 6.07) is 12.7. The predicted octanol–water partition coefficient (Wildman–Crippen LogP) is 3.93. The third kappa shape index (κ3) is 2.61. The monoisotopic (exact) mass is 283 g/mol. The molecule has 3 aromatic rings. The SMILES string of the molecule is CC(C)n1c(Cc2cccc(N)c2)nc2ccc(F)cc21. The molecule has 21 heavy (non-hydrogen) atoms. The Hall–Kier alpha value is -2.36. The van der Waals surface area contributed by atoms with Crippen molar-refractivity contribution < 1.29 is 4.39 Å². The molecule has 3 nitrogen and oxygen atoms in total. The van der Waals surface area contributed by atoms with E-state index in [1.165, 1.54) is 6.07 Å². The summed E-state index contributed by atoms with van der Waals surface area (Å²) in [5, 5.41) is 0. The van der Waals surface area contributed by atoms with Crippen molar-refractivity contribution in [2.24, 2.45) is 0 Å². The van der Waals surface area contributed by atoms with Crippen molar-refractivity contribution in [2.75, 3.05) is 5.73 Å². The molecule has 2 N–H and O–H groups in total. The number of halogens is 1.